The molecule has 1 aromatic heterocycles. The number of benzene rings is 2. The van der Waals surface area contributed by atoms with Crippen LogP contribution in [0.4, 0.5) is 5.69 Å². The van der Waals surface area contributed by atoms with E-state index in [4.69, 9.17) is 9.47 Å². The SMILES string of the molecule is COc1ccc([N+](=O)[O-])cc1C(=O)OC(C)C(=O)c1c[nH]c2ccccc12. The molecule has 0 aliphatic rings. The minimum absolute atomic E-state index is 0.120. The van der Waals surface area contributed by atoms with Crippen molar-refractivity contribution in [3.63, 3.8) is 0 Å². The molecule has 1 atom stereocenters. The first-order valence-corrected chi connectivity index (χ1v) is 8.06. The van der Waals surface area contributed by atoms with Gasteiger partial charge < -0.3 is 14.5 Å². The van der Waals surface area contributed by atoms with Crippen molar-refractivity contribution >= 4 is 28.3 Å². The van der Waals surface area contributed by atoms with Crippen molar-refractivity contribution in [1.82, 2.24) is 4.98 Å². The number of hydrogen-bond donors (Lipinski definition) is 1. The monoisotopic (exact) mass is 368 g/mol. The third kappa shape index (κ3) is 3.50. The van der Waals surface area contributed by atoms with E-state index in [0.717, 1.165) is 17.0 Å². The standard InChI is InChI=1S/C19H16N2O6/c1-11(18(22)15-10-20-16-6-4-3-5-13(15)16)27-19(23)14-9-12(21(24)25)7-8-17(14)26-2/h3-11,20H,1-2H3. The number of nitro benzene ring substituents is 1. The first kappa shape index (κ1) is 18.1. The second-order valence-electron chi connectivity index (χ2n) is 5.80. The van der Waals surface area contributed by atoms with Gasteiger partial charge in [-0.3, -0.25) is 14.9 Å². The molecule has 0 radical (unpaired) electrons. The van der Waals surface area contributed by atoms with E-state index in [-0.39, 0.29) is 22.8 Å². The lowest BCUT2D eigenvalue weighted by atomic mass is 10.1. The Balaban J connectivity index is 1.84. The number of non-ortho nitro benzene ring substituents is 1. The molecule has 3 aromatic rings. The van der Waals surface area contributed by atoms with Gasteiger partial charge in [-0.05, 0) is 19.1 Å². The van der Waals surface area contributed by atoms with Gasteiger partial charge in [0.1, 0.15) is 11.3 Å². The highest BCUT2D eigenvalue weighted by atomic mass is 16.6. The Morgan fingerprint density at radius 2 is 1.89 bits per heavy atom. The molecule has 0 saturated carbocycles. The highest BCUT2D eigenvalue weighted by molar-refractivity contribution is 6.10. The molecular weight excluding hydrogens is 352 g/mol. The molecule has 8 heteroatoms. The summed E-state index contributed by atoms with van der Waals surface area (Å²) >= 11 is 0. The Morgan fingerprint density at radius 1 is 1.15 bits per heavy atom. The van der Waals surface area contributed by atoms with E-state index >= 15 is 0 Å². The number of rotatable bonds is 6. The highest BCUT2D eigenvalue weighted by Gasteiger charge is 2.25. The zero-order chi connectivity index (χ0) is 19.6. The van der Waals surface area contributed by atoms with Crippen LogP contribution in [0.3, 0.4) is 0 Å². The molecule has 0 bridgehead atoms. The number of carbonyl (C=O) groups is 2. The van der Waals surface area contributed by atoms with Crippen molar-refractivity contribution in [3.8, 4) is 5.75 Å². The number of ether oxygens (including phenoxy) is 2. The number of esters is 1. The van der Waals surface area contributed by atoms with Gasteiger partial charge in [-0.2, -0.15) is 0 Å². The number of methoxy groups -OCH3 is 1. The second-order valence-corrected chi connectivity index (χ2v) is 5.80. The van der Waals surface area contributed by atoms with Crippen molar-refractivity contribution in [1.29, 1.82) is 0 Å². The van der Waals surface area contributed by atoms with E-state index in [1.807, 2.05) is 12.1 Å². The number of fused-ring (bicyclic) bond motifs is 1. The van der Waals surface area contributed by atoms with Gasteiger partial charge in [0.15, 0.2) is 6.10 Å². The molecule has 1 N–H and O–H groups in total. The number of nitrogens with zero attached hydrogens (tertiary/aromatic N) is 1. The number of aromatic amines is 1. The lowest BCUT2D eigenvalue weighted by molar-refractivity contribution is -0.384. The topological polar surface area (TPSA) is 112 Å². The van der Waals surface area contributed by atoms with Crippen molar-refractivity contribution in [2.24, 2.45) is 0 Å². The average molecular weight is 368 g/mol. The summed E-state index contributed by atoms with van der Waals surface area (Å²) in [5.74, 6) is -1.14. The molecule has 0 spiro atoms. The summed E-state index contributed by atoms with van der Waals surface area (Å²) in [5.41, 5.74) is 0.792. The highest BCUT2D eigenvalue weighted by Crippen LogP contribution is 2.26. The zero-order valence-electron chi connectivity index (χ0n) is 14.6. The summed E-state index contributed by atoms with van der Waals surface area (Å²) < 4.78 is 10.3. The Hall–Kier alpha value is -3.68. The summed E-state index contributed by atoms with van der Waals surface area (Å²) in [4.78, 5) is 38.4. The number of H-pyrrole nitrogens is 1. The number of nitro groups is 1. The van der Waals surface area contributed by atoms with Gasteiger partial charge in [-0.25, -0.2) is 4.79 Å². The van der Waals surface area contributed by atoms with E-state index in [1.54, 1.807) is 18.3 Å². The van der Waals surface area contributed by atoms with Crippen LogP contribution < -0.4 is 4.74 Å². The Labute approximate surface area is 153 Å². The lowest BCUT2D eigenvalue weighted by Gasteiger charge is -2.13. The maximum atomic E-state index is 12.7. The number of hydrogen-bond acceptors (Lipinski definition) is 6. The van der Waals surface area contributed by atoms with E-state index in [0.29, 0.717) is 5.56 Å². The molecule has 0 aliphatic carbocycles. The van der Waals surface area contributed by atoms with Crippen LogP contribution >= 0.6 is 0 Å². The minimum atomic E-state index is -1.08. The van der Waals surface area contributed by atoms with Crippen LogP contribution in [0.1, 0.15) is 27.6 Å². The maximum Gasteiger partial charge on any atom is 0.342 e. The van der Waals surface area contributed by atoms with Gasteiger partial charge in [0, 0.05) is 34.8 Å². The van der Waals surface area contributed by atoms with Gasteiger partial charge >= 0.3 is 5.97 Å². The fraction of sp³-hybridized carbons (Fsp3) is 0.158. The van der Waals surface area contributed by atoms with Crippen LogP contribution in [0.15, 0.2) is 48.7 Å². The van der Waals surface area contributed by atoms with Crippen molar-refractivity contribution < 1.29 is 24.0 Å². The fourth-order valence-electron chi connectivity index (χ4n) is 2.74. The first-order valence-electron chi connectivity index (χ1n) is 8.06. The molecule has 0 saturated heterocycles. The largest absolute Gasteiger partial charge is 0.496 e. The lowest BCUT2D eigenvalue weighted by Crippen LogP contribution is -2.24. The molecule has 27 heavy (non-hydrogen) atoms. The zero-order valence-corrected chi connectivity index (χ0v) is 14.6. The normalized spacial score (nSPS) is 11.8. The number of carbonyl (C=O) groups excluding carboxylic acids is 2. The fourth-order valence-corrected chi connectivity index (χ4v) is 2.74. The van der Waals surface area contributed by atoms with Crippen molar-refractivity contribution in [2.75, 3.05) is 7.11 Å². The number of para-hydroxylation sites is 1. The van der Waals surface area contributed by atoms with Crippen LogP contribution in [0.25, 0.3) is 10.9 Å². The third-order valence-electron chi connectivity index (χ3n) is 4.12. The molecule has 0 aliphatic heterocycles. The number of Topliss-reactive ketones (excluding diaryl/α,β-unsaturated/α-hetero) is 1. The summed E-state index contributed by atoms with van der Waals surface area (Å²) in [6, 6.07) is 10.8. The summed E-state index contributed by atoms with van der Waals surface area (Å²) in [6.45, 7) is 1.45. The quantitative estimate of drug-likeness (QED) is 0.308. The molecule has 8 nitrogen and oxygen atoms in total. The van der Waals surface area contributed by atoms with Crippen LogP contribution in [0, 0.1) is 10.1 Å². The van der Waals surface area contributed by atoms with Gasteiger partial charge in [-0.1, -0.05) is 18.2 Å². The molecule has 2 aromatic carbocycles. The molecule has 3 rings (SSSR count). The predicted molar refractivity (Wildman–Crippen MR) is 97.2 cm³/mol. The second kappa shape index (κ2) is 7.28. The average Bonchev–Trinajstić information content (AvgIpc) is 3.10. The Bertz CT molecular complexity index is 1040. The van der Waals surface area contributed by atoms with Crippen LogP contribution in [0.2, 0.25) is 0 Å². The molecule has 1 unspecified atom stereocenters. The van der Waals surface area contributed by atoms with Gasteiger partial charge in [0.05, 0.1) is 12.0 Å². The molecular formula is C19H16N2O6. The van der Waals surface area contributed by atoms with Crippen molar-refractivity contribution in [3.05, 3.63) is 69.9 Å². The number of nitrogens with one attached hydrogen (secondary N) is 1. The van der Waals surface area contributed by atoms with Crippen LogP contribution in [-0.2, 0) is 4.74 Å². The Morgan fingerprint density at radius 3 is 2.59 bits per heavy atom. The summed E-state index contributed by atoms with van der Waals surface area (Å²) in [5, 5.41) is 11.7. The molecule has 0 fully saturated rings. The van der Waals surface area contributed by atoms with Gasteiger partial charge in [0.2, 0.25) is 5.78 Å². The molecule has 1 heterocycles. The summed E-state index contributed by atoms with van der Waals surface area (Å²) in [7, 11) is 1.33. The minimum Gasteiger partial charge on any atom is -0.496 e. The summed E-state index contributed by atoms with van der Waals surface area (Å²) in [6.07, 6.45) is 0.478. The molecule has 0 amide bonds. The third-order valence-corrected chi connectivity index (χ3v) is 4.12. The maximum absolute atomic E-state index is 12.7. The van der Waals surface area contributed by atoms with Crippen LogP contribution in [0.5, 0.6) is 5.75 Å². The smallest absolute Gasteiger partial charge is 0.342 e. The molecule has 138 valence electrons. The van der Waals surface area contributed by atoms with Crippen molar-refractivity contribution in [2.45, 2.75) is 13.0 Å². The van der Waals surface area contributed by atoms with Crippen LogP contribution in [-0.4, -0.2) is 34.9 Å². The number of aromatic nitrogens is 1. The predicted octanol–water partition coefficient (Wildman–Crippen LogP) is 3.51. The van der Waals surface area contributed by atoms with E-state index in [1.165, 1.54) is 26.2 Å². The first-order chi connectivity index (χ1) is 12.9. The van der Waals surface area contributed by atoms with E-state index in [9.17, 15) is 19.7 Å². The van der Waals surface area contributed by atoms with E-state index < -0.39 is 17.0 Å². The van der Waals surface area contributed by atoms with Gasteiger partial charge in [0.25, 0.3) is 5.69 Å². The number of ketones is 1. The van der Waals surface area contributed by atoms with Gasteiger partial charge in [-0.15, -0.1) is 0 Å². The Kier molecular flexibility index (Phi) is 4.89. The van der Waals surface area contributed by atoms with E-state index in [2.05, 4.69) is 4.98 Å².